The highest BCUT2D eigenvalue weighted by Gasteiger charge is 2.13. The minimum atomic E-state index is -1.18. The lowest BCUT2D eigenvalue weighted by Crippen LogP contribution is -2.00. The van der Waals surface area contributed by atoms with Gasteiger partial charge in [0.2, 0.25) is 0 Å². The van der Waals surface area contributed by atoms with Crippen molar-refractivity contribution in [1.82, 2.24) is 4.98 Å². The Hall–Kier alpha value is -1.40. The summed E-state index contributed by atoms with van der Waals surface area (Å²) in [7, 11) is 0.367. The first kappa shape index (κ1) is 13.0. The number of aromatic nitrogens is 1. The molecule has 0 bridgehead atoms. The first-order valence-corrected chi connectivity index (χ1v) is 7.53. The molecule has 0 amide bonds. The molecule has 2 aromatic rings. The van der Waals surface area contributed by atoms with E-state index >= 15 is 0 Å². The van der Waals surface area contributed by atoms with Crippen LogP contribution in [0.15, 0.2) is 28.5 Å². The largest absolute Gasteiger partial charge is 0.495 e. The van der Waals surface area contributed by atoms with Gasteiger partial charge in [0.1, 0.15) is 5.75 Å². The van der Waals surface area contributed by atoms with Gasteiger partial charge in [-0.1, -0.05) is 0 Å². The number of nitrogens with zero attached hydrogens (tertiary/aromatic N) is 1. The Morgan fingerprint density at radius 2 is 2.28 bits per heavy atom. The number of aryl methyl sites for hydroxylation is 1. The molecule has 1 aromatic heterocycles. The Bertz CT molecular complexity index is 581. The minimum absolute atomic E-state index is 0.393. The van der Waals surface area contributed by atoms with E-state index in [1.807, 2.05) is 12.3 Å². The number of anilines is 1. The van der Waals surface area contributed by atoms with Crippen molar-refractivity contribution >= 4 is 27.8 Å². The number of hydrogen-bond acceptors (Lipinski definition) is 5. The lowest BCUT2D eigenvalue weighted by atomic mass is 10.3. The molecule has 1 atom stereocenters. The van der Waals surface area contributed by atoms with Crippen molar-refractivity contribution in [3.63, 3.8) is 0 Å². The first-order chi connectivity index (χ1) is 8.60. The summed E-state index contributed by atoms with van der Waals surface area (Å²) in [5.74, 6) is 0.949. The molecule has 0 saturated carbocycles. The summed E-state index contributed by atoms with van der Waals surface area (Å²) >= 11 is 1.56. The fraction of sp³-hybridized carbons (Fsp3) is 0.250. The lowest BCUT2D eigenvalue weighted by Gasteiger charge is -2.08. The smallest absolute Gasteiger partial charge is 0.137 e. The molecule has 0 aliphatic heterocycles. The van der Waals surface area contributed by atoms with Crippen molar-refractivity contribution in [2.24, 2.45) is 0 Å². The van der Waals surface area contributed by atoms with Crippen molar-refractivity contribution in [2.45, 2.75) is 17.6 Å². The van der Waals surface area contributed by atoms with Gasteiger partial charge >= 0.3 is 0 Å². The molecular weight excluding hydrogens is 268 g/mol. The Labute approximate surface area is 112 Å². The van der Waals surface area contributed by atoms with Gasteiger partial charge in [0, 0.05) is 17.1 Å². The van der Waals surface area contributed by atoms with Gasteiger partial charge in [-0.3, -0.25) is 4.21 Å². The van der Waals surface area contributed by atoms with Crippen molar-refractivity contribution in [3.8, 4) is 5.75 Å². The first-order valence-electron chi connectivity index (χ1n) is 5.33. The zero-order chi connectivity index (χ0) is 13.1. The molecule has 1 unspecified atom stereocenters. The molecular formula is C12H14N2O2S2. The van der Waals surface area contributed by atoms with E-state index in [9.17, 15) is 4.21 Å². The van der Waals surface area contributed by atoms with Crippen LogP contribution in [0.5, 0.6) is 5.75 Å². The van der Waals surface area contributed by atoms with Crippen LogP contribution in [-0.4, -0.2) is 16.3 Å². The number of thiazole rings is 1. The average molecular weight is 282 g/mol. The molecule has 18 heavy (non-hydrogen) atoms. The van der Waals surface area contributed by atoms with E-state index < -0.39 is 10.8 Å². The predicted molar refractivity (Wildman–Crippen MR) is 74.4 cm³/mol. The standard InChI is InChI=1S/C12H14N2O2S2/c1-8-14-10(6-17-8)7-18(15)12-4-3-9(13)5-11(12)16-2/h3-6H,7,13H2,1-2H3. The lowest BCUT2D eigenvalue weighted by molar-refractivity contribution is 0.404. The number of rotatable bonds is 4. The molecule has 2 rings (SSSR count). The van der Waals surface area contributed by atoms with Crippen molar-refractivity contribution in [2.75, 3.05) is 12.8 Å². The topological polar surface area (TPSA) is 65.2 Å². The normalized spacial score (nSPS) is 12.3. The number of hydrogen-bond donors (Lipinski definition) is 1. The predicted octanol–water partition coefficient (Wildman–Crippen LogP) is 2.35. The summed E-state index contributed by atoms with van der Waals surface area (Å²) in [6, 6.07) is 5.14. The van der Waals surface area contributed by atoms with Gasteiger partial charge in [-0.05, 0) is 19.1 Å². The van der Waals surface area contributed by atoms with Gasteiger partial charge in [0.15, 0.2) is 0 Å². The number of nitrogen functional groups attached to an aromatic ring is 1. The van der Waals surface area contributed by atoms with Crippen LogP contribution >= 0.6 is 11.3 Å². The molecule has 96 valence electrons. The zero-order valence-corrected chi connectivity index (χ0v) is 11.8. The maximum atomic E-state index is 12.3. The zero-order valence-electron chi connectivity index (χ0n) is 10.2. The average Bonchev–Trinajstić information content (AvgIpc) is 2.74. The van der Waals surface area contributed by atoms with Crippen LogP contribution in [0.3, 0.4) is 0 Å². The van der Waals surface area contributed by atoms with Gasteiger partial charge in [0.25, 0.3) is 0 Å². The van der Waals surface area contributed by atoms with Gasteiger partial charge in [-0.15, -0.1) is 11.3 Å². The highest BCUT2D eigenvalue weighted by Crippen LogP contribution is 2.26. The summed E-state index contributed by atoms with van der Waals surface area (Å²) in [5.41, 5.74) is 7.11. The second kappa shape index (κ2) is 5.49. The molecule has 0 radical (unpaired) electrons. The summed E-state index contributed by atoms with van der Waals surface area (Å²) in [5, 5.41) is 2.91. The maximum absolute atomic E-state index is 12.3. The Balaban J connectivity index is 2.23. The summed E-state index contributed by atoms with van der Waals surface area (Å²) < 4.78 is 17.5. The van der Waals surface area contributed by atoms with E-state index in [2.05, 4.69) is 4.98 Å². The van der Waals surface area contributed by atoms with E-state index in [0.717, 1.165) is 10.7 Å². The molecule has 6 heteroatoms. The molecule has 1 aromatic carbocycles. The highest BCUT2D eigenvalue weighted by atomic mass is 32.2. The van der Waals surface area contributed by atoms with Crippen molar-refractivity contribution < 1.29 is 8.95 Å². The van der Waals surface area contributed by atoms with Crippen LogP contribution in [0.1, 0.15) is 10.7 Å². The maximum Gasteiger partial charge on any atom is 0.137 e. The van der Waals surface area contributed by atoms with Gasteiger partial charge in [0.05, 0.1) is 39.3 Å². The molecule has 2 N–H and O–H groups in total. The quantitative estimate of drug-likeness (QED) is 0.874. The Morgan fingerprint density at radius 3 is 2.89 bits per heavy atom. The molecule has 0 spiro atoms. The highest BCUT2D eigenvalue weighted by molar-refractivity contribution is 7.84. The Morgan fingerprint density at radius 1 is 1.50 bits per heavy atom. The molecule has 4 nitrogen and oxygen atoms in total. The fourth-order valence-electron chi connectivity index (χ4n) is 1.56. The number of benzene rings is 1. The summed E-state index contributed by atoms with van der Waals surface area (Å²) in [6.07, 6.45) is 0. The SMILES string of the molecule is COc1cc(N)ccc1S(=O)Cc1csc(C)n1. The Kier molecular flexibility index (Phi) is 3.98. The molecule has 0 aliphatic carbocycles. The van der Waals surface area contributed by atoms with E-state index in [1.54, 1.807) is 36.6 Å². The van der Waals surface area contributed by atoms with Gasteiger partial charge < -0.3 is 10.5 Å². The van der Waals surface area contributed by atoms with Crippen LogP contribution in [0.25, 0.3) is 0 Å². The third-order valence-electron chi connectivity index (χ3n) is 2.38. The van der Waals surface area contributed by atoms with Crippen LogP contribution in [-0.2, 0) is 16.6 Å². The van der Waals surface area contributed by atoms with Crippen LogP contribution in [0.2, 0.25) is 0 Å². The molecule has 1 heterocycles. The second-order valence-electron chi connectivity index (χ2n) is 3.76. The second-order valence-corrected chi connectivity index (χ2v) is 6.24. The van der Waals surface area contributed by atoms with Gasteiger partial charge in [-0.25, -0.2) is 4.98 Å². The minimum Gasteiger partial charge on any atom is -0.495 e. The van der Waals surface area contributed by atoms with E-state index in [0.29, 0.717) is 22.1 Å². The van der Waals surface area contributed by atoms with Crippen molar-refractivity contribution in [1.29, 1.82) is 0 Å². The van der Waals surface area contributed by atoms with Crippen molar-refractivity contribution in [3.05, 3.63) is 34.3 Å². The number of nitrogens with two attached hydrogens (primary N) is 1. The van der Waals surface area contributed by atoms with Crippen LogP contribution in [0, 0.1) is 6.92 Å². The third-order valence-corrected chi connectivity index (χ3v) is 4.59. The van der Waals surface area contributed by atoms with E-state index in [1.165, 1.54) is 0 Å². The van der Waals surface area contributed by atoms with Gasteiger partial charge in [-0.2, -0.15) is 0 Å². The third kappa shape index (κ3) is 2.88. The van der Waals surface area contributed by atoms with Crippen LogP contribution in [0.4, 0.5) is 5.69 Å². The molecule has 0 saturated heterocycles. The summed E-state index contributed by atoms with van der Waals surface area (Å²) in [4.78, 5) is 4.96. The van der Waals surface area contributed by atoms with Crippen LogP contribution < -0.4 is 10.5 Å². The number of ether oxygens (including phenoxy) is 1. The number of methoxy groups -OCH3 is 1. The van der Waals surface area contributed by atoms with E-state index in [4.69, 9.17) is 10.5 Å². The molecule has 0 fully saturated rings. The molecule has 0 aliphatic rings. The summed E-state index contributed by atoms with van der Waals surface area (Å²) in [6.45, 7) is 1.93. The van der Waals surface area contributed by atoms with E-state index in [-0.39, 0.29) is 0 Å². The monoisotopic (exact) mass is 282 g/mol. The fourth-order valence-corrected chi connectivity index (χ4v) is 3.44.